The third kappa shape index (κ3) is 5.18. The van der Waals surface area contributed by atoms with Gasteiger partial charge in [-0.05, 0) is 72.4 Å². The van der Waals surface area contributed by atoms with Gasteiger partial charge in [0.05, 0.1) is 0 Å². The first-order valence-corrected chi connectivity index (χ1v) is 10.8. The molecule has 1 fully saturated rings. The van der Waals surface area contributed by atoms with Crippen LogP contribution in [0.15, 0.2) is 67.0 Å². The summed E-state index contributed by atoms with van der Waals surface area (Å²) in [6.45, 7) is 2.31. The lowest BCUT2D eigenvalue weighted by molar-refractivity contribution is 0.0935. The van der Waals surface area contributed by atoms with Crippen molar-refractivity contribution in [2.24, 2.45) is 0 Å². The monoisotopic (exact) mass is 413 g/mol. The summed E-state index contributed by atoms with van der Waals surface area (Å²) in [4.78, 5) is 29.3. The average molecular weight is 414 g/mol. The highest BCUT2D eigenvalue weighted by Gasteiger charge is 2.18. The molecule has 5 nitrogen and oxygen atoms in total. The summed E-state index contributed by atoms with van der Waals surface area (Å²) in [5.41, 5.74) is 5.22. The summed E-state index contributed by atoms with van der Waals surface area (Å²) in [7, 11) is 0. The lowest BCUT2D eigenvalue weighted by Gasteiger charge is -2.13. The third-order valence-corrected chi connectivity index (χ3v) is 5.82. The van der Waals surface area contributed by atoms with Crippen LogP contribution >= 0.6 is 0 Å². The fourth-order valence-corrected chi connectivity index (χ4v) is 4.08. The van der Waals surface area contributed by atoms with E-state index in [0.717, 1.165) is 35.1 Å². The zero-order chi connectivity index (χ0) is 21.6. The predicted octanol–water partition coefficient (Wildman–Crippen LogP) is 4.66. The van der Waals surface area contributed by atoms with Gasteiger partial charge in [0.25, 0.3) is 11.8 Å². The topological polar surface area (TPSA) is 71.1 Å². The molecule has 0 spiro atoms. The van der Waals surface area contributed by atoms with Gasteiger partial charge in [0.1, 0.15) is 0 Å². The standard InChI is InChI=1S/C26H27N3O2/c1-18-15-21(20-11-13-27-14-12-20)9-10-24(18)26(31)28-17-19-5-4-6-22(16-19)25(30)29-23-7-2-3-8-23/h4-6,9-16,23H,2-3,7-8,17H2,1H3,(H,28,31)(H,29,30). The molecule has 1 aromatic heterocycles. The lowest BCUT2D eigenvalue weighted by Crippen LogP contribution is -2.32. The van der Waals surface area contributed by atoms with Crippen LogP contribution in [0.3, 0.4) is 0 Å². The molecule has 31 heavy (non-hydrogen) atoms. The Labute approximate surface area is 182 Å². The van der Waals surface area contributed by atoms with E-state index in [2.05, 4.69) is 15.6 Å². The molecule has 4 rings (SSSR count). The first-order valence-electron chi connectivity index (χ1n) is 10.8. The number of hydrogen-bond donors (Lipinski definition) is 2. The number of benzene rings is 2. The first-order chi connectivity index (χ1) is 15.1. The van der Waals surface area contributed by atoms with E-state index >= 15 is 0 Å². The zero-order valence-electron chi connectivity index (χ0n) is 17.7. The van der Waals surface area contributed by atoms with E-state index < -0.39 is 0 Å². The van der Waals surface area contributed by atoms with Crippen molar-refractivity contribution in [3.8, 4) is 11.1 Å². The van der Waals surface area contributed by atoms with Crippen LogP contribution in [0.2, 0.25) is 0 Å². The van der Waals surface area contributed by atoms with Crippen molar-refractivity contribution >= 4 is 11.8 Å². The normalized spacial score (nSPS) is 13.7. The molecule has 0 saturated heterocycles. The van der Waals surface area contributed by atoms with Crippen LogP contribution in [-0.4, -0.2) is 22.8 Å². The van der Waals surface area contributed by atoms with Crippen LogP contribution in [-0.2, 0) is 6.54 Å². The molecule has 0 atom stereocenters. The van der Waals surface area contributed by atoms with Gasteiger partial charge in [0, 0.05) is 36.1 Å². The second-order valence-corrected chi connectivity index (χ2v) is 8.10. The van der Waals surface area contributed by atoms with E-state index in [0.29, 0.717) is 17.7 Å². The molecule has 1 aliphatic rings. The van der Waals surface area contributed by atoms with Gasteiger partial charge in [0.2, 0.25) is 0 Å². The Balaban J connectivity index is 1.39. The van der Waals surface area contributed by atoms with Gasteiger partial charge >= 0.3 is 0 Å². The van der Waals surface area contributed by atoms with E-state index in [1.165, 1.54) is 12.8 Å². The van der Waals surface area contributed by atoms with Gasteiger partial charge in [-0.2, -0.15) is 0 Å². The minimum absolute atomic E-state index is 0.0392. The maximum absolute atomic E-state index is 12.7. The van der Waals surface area contributed by atoms with Crippen molar-refractivity contribution < 1.29 is 9.59 Å². The van der Waals surface area contributed by atoms with Crippen LogP contribution in [0.5, 0.6) is 0 Å². The van der Waals surface area contributed by atoms with Crippen LogP contribution in [0.4, 0.5) is 0 Å². The van der Waals surface area contributed by atoms with Gasteiger partial charge in [-0.3, -0.25) is 14.6 Å². The number of aryl methyl sites for hydroxylation is 1. The SMILES string of the molecule is Cc1cc(-c2ccncc2)ccc1C(=O)NCc1cccc(C(=O)NC2CCCC2)c1. The summed E-state index contributed by atoms with van der Waals surface area (Å²) >= 11 is 0. The first kappa shape index (κ1) is 20.8. The van der Waals surface area contributed by atoms with Gasteiger partial charge in [-0.25, -0.2) is 0 Å². The van der Waals surface area contributed by atoms with Gasteiger partial charge in [-0.15, -0.1) is 0 Å². The molecule has 1 heterocycles. The third-order valence-electron chi connectivity index (χ3n) is 5.82. The molecule has 3 aromatic rings. The highest BCUT2D eigenvalue weighted by Crippen LogP contribution is 2.22. The van der Waals surface area contributed by atoms with Crippen molar-refractivity contribution in [1.29, 1.82) is 0 Å². The summed E-state index contributed by atoms with van der Waals surface area (Å²) in [6.07, 6.45) is 7.99. The molecule has 0 radical (unpaired) electrons. The van der Waals surface area contributed by atoms with Gasteiger partial charge in [-0.1, -0.05) is 37.1 Å². The number of nitrogens with zero attached hydrogens (tertiary/aromatic N) is 1. The number of nitrogens with one attached hydrogen (secondary N) is 2. The zero-order valence-corrected chi connectivity index (χ0v) is 17.7. The summed E-state index contributed by atoms with van der Waals surface area (Å²) < 4.78 is 0. The molecule has 0 aliphatic heterocycles. The molecular formula is C26H27N3O2. The molecule has 1 aliphatic carbocycles. The summed E-state index contributed by atoms with van der Waals surface area (Å²) in [5.74, 6) is -0.165. The van der Waals surface area contributed by atoms with Crippen molar-refractivity contribution in [3.63, 3.8) is 0 Å². The van der Waals surface area contributed by atoms with Crippen molar-refractivity contribution in [2.75, 3.05) is 0 Å². The Morgan fingerprint density at radius 1 is 0.935 bits per heavy atom. The fraction of sp³-hybridized carbons (Fsp3) is 0.269. The molecule has 158 valence electrons. The smallest absolute Gasteiger partial charge is 0.251 e. The Kier molecular flexibility index (Phi) is 6.41. The van der Waals surface area contributed by atoms with Crippen LogP contribution in [0.25, 0.3) is 11.1 Å². The van der Waals surface area contributed by atoms with E-state index in [1.54, 1.807) is 12.4 Å². The summed E-state index contributed by atoms with van der Waals surface area (Å²) in [5, 5.41) is 6.08. The number of carbonyl (C=O) groups excluding carboxylic acids is 2. The molecule has 0 bridgehead atoms. The van der Waals surface area contributed by atoms with Crippen LogP contribution < -0.4 is 10.6 Å². The van der Waals surface area contributed by atoms with E-state index in [9.17, 15) is 9.59 Å². The molecule has 2 amide bonds. The Morgan fingerprint density at radius 2 is 1.71 bits per heavy atom. The molecule has 2 N–H and O–H groups in total. The average Bonchev–Trinajstić information content (AvgIpc) is 3.31. The van der Waals surface area contributed by atoms with Crippen molar-refractivity contribution in [2.45, 2.75) is 45.2 Å². The fourth-order valence-electron chi connectivity index (χ4n) is 4.08. The highest BCUT2D eigenvalue weighted by molar-refractivity contribution is 5.96. The maximum Gasteiger partial charge on any atom is 0.251 e. The number of carbonyl (C=O) groups is 2. The molecule has 0 unspecified atom stereocenters. The number of rotatable bonds is 6. The number of hydrogen-bond acceptors (Lipinski definition) is 3. The minimum Gasteiger partial charge on any atom is -0.349 e. The van der Waals surface area contributed by atoms with Crippen molar-refractivity contribution in [1.82, 2.24) is 15.6 Å². The Hall–Kier alpha value is -3.47. The number of pyridine rings is 1. The maximum atomic E-state index is 12.7. The van der Waals surface area contributed by atoms with Gasteiger partial charge in [0.15, 0.2) is 0 Å². The predicted molar refractivity (Wildman–Crippen MR) is 122 cm³/mol. The van der Waals surface area contributed by atoms with Gasteiger partial charge < -0.3 is 10.6 Å². The molecule has 2 aromatic carbocycles. The van der Waals surface area contributed by atoms with Crippen LogP contribution in [0.1, 0.15) is 57.5 Å². The molecule has 5 heteroatoms. The van der Waals surface area contributed by atoms with Crippen LogP contribution in [0, 0.1) is 6.92 Å². The Morgan fingerprint density at radius 3 is 2.45 bits per heavy atom. The van der Waals surface area contributed by atoms with Crippen molar-refractivity contribution in [3.05, 3.63) is 89.2 Å². The number of amides is 2. The highest BCUT2D eigenvalue weighted by atomic mass is 16.2. The van der Waals surface area contributed by atoms with E-state index in [-0.39, 0.29) is 17.9 Å². The minimum atomic E-state index is -0.125. The second-order valence-electron chi connectivity index (χ2n) is 8.10. The lowest BCUT2D eigenvalue weighted by atomic mass is 10.00. The van der Waals surface area contributed by atoms with E-state index in [1.807, 2.05) is 61.5 Å². The summed E-state index contributed by atoms with van der Waals surface area (Å²) in [6, 6.07) is 17.5. The second kappa shape index (κ2) is 9.56. The van der Waals surface area contributed by atoms with E-state index in [4.69, 9.17) is 0 Å². The Bertz CT molecular complexity index is 1070. The molecule has 1 saturated carbocycles. The largest absolute Gasteiger partial charge is 0.349 e. The molecular weight excluding hydrogens is 386 g/mol. The number of aromatic nitrogens is 1. The quantitative estimate of drug-likeness (QED) is 0.617.